The zero-order chi connectivity index (χ0) is 21.1. The molecule has 1 amide bonds. The Kier molecular flexibility index (Phi) is 6.07. The van der Waals surface area contributed by atoms with Gasteiger partial charge in [-0.3, -0.25) is 10.1 Å². The Balaban J connectivity index is 1.38. The number of carbonyl (C=O) groups is 1. The van der Waals surface area contributed by atoms with Crippen molar-refractivity contribution in [2.24, 2.45) is 7.05 Å². The minimum Gasteiger partial charge on any atom is -0.305 e. The van der Waals surface area contributed by atoms with Gasteiger partial charge in [0.2, 0.25) is 11.0 Å². The first-order chi connectivity index (χ1) is 14.5. The minimum atomic E-state index is -0.388. The molecule has 0 spiro atoms. The molecule has 7 nitrogen and oxygen atoms in total. The molecule has 0 aliphatic carbocycles. The molecule has 0 aliphatic rings. The number of halogens is 2. The van der Waals surface area contributed by atoms with E-state index in [2.05, 4.69) is 25.7 Å². The number of hydrogen-bond donors (Lipinski definition) is 1. The smallest absolute Gasteiger partial charge is 0.236 e. The highest BCUT2D eigenvalue weighted by molar-refractivity contribution is 7.99. The minimum absolute atomic E-state index is 0.112. The van der Waals surface area contributed by atoms with Gasteiger partial charge in [-0.25, -0.2) is 4.39 Å². The van der Waals surface area contributed by atoms with Crippen LogP contribution in [0.15, 0.2) is 53.7 Å². The predicted molar refractivity (Wildman–Crippen MR) is 116 cm³/mol. The van der Waals surface area contributed by atoms with Gasteiger partial charge in [-0.15, -0.1) is 20.4 Å². The van der Waals surface area contributed by atoms with E-state index in [-0.39, 0.29) is 17.5 Å². The third-order valence-corrected chi connectivity index (χ3v) is 6.19. The molecule has 0 radical (unpaired) electrons. The number of amides is 1. The van der Waals surface area contributed by atoms with Crippen LogP contribution in [0.3, 0.4) is 0 Å². The van der Waals surface area contributed by atoms with E-state index in [0.717, 1.165) is 16.9 Å². The number of benzene rings is 2. The highest BCUT2D eigenvalue weighted by Crippen LogP contribution is 2.28. The maximum absolute atomic E-state index is 13.9. The van der Waals surface area contributed by atoms with Gasteiger partial charge < -0.3 is 4.57 Å². The number of aromatic nitrogens is 5. The number of hydrogen-bond acceptors (Lipinski definition) is 7. The molecular formula is C19H14ClFN6OS2. The maximum atomic E-state index is 13.9. The molecule has 2 heterocycles. The molecule has 1 N–H and O–H groups in total. The highest BCUT2D eigenvalue weighted by atomic mass is 35.5. The van der Waals surface area contributed by atoms with Gasteiger partial charge in [0.05, 0.1) is 5.75 Å². The summed E-state index contributed by atoms with van der Waals surface area (Å²) in [6.45, 7) is 0. The quantitative estimate of drug-likeness (QED) is 0.426. The van der Waals surface area contributed by atoms with E-state index < -0.39 is 0 Å². The van der Waals surface area contributed by atoms with Crippen LogP contribution in [0.1, 0.15) is 0 Å². The van der Waals surface area contributed by atoms with Crippen LogP contribution < -0.4 is 5.32 Å². The van der Waals surface area contributed by atoms with Gasteiger partial charge in [-0.05, 0) is 36.4 Å². The number of carbonyl (C=O) groups excluding carboxylic acids is 1. The summed E-state index contributed by atoms with van der Waals surface area (Å²) in [4.78, 5) is 12.3. The third-order valence-electron chi connectivity index (χ3n) is 4.05. The Morgan fingerprint density at radius 1 is 1.13 bits per heavy atom. The van der Waals surface area contributed by atoms with E-state index >= 15 is 0 Å². The zero-order valence-corrected chi connectivity index (χ0v) is 17.9. The summed E-state index contributed by atoms with van der Waals surface area (Å²) in [5.41, 5.74) is 1.22. The van der Waals surface area contributed by atoms with Gasteiger partial charge >= 0.3 is 0 Å². The number of rotatable bonds is 6. The molecule has 2 aromatic carbocycles. The summed E-state index contributed by atoms with van der Waals surface area (Å²) in [5.74, 6) is 0.127. The topological polar surface area (TPSA) is 85.6 Å². The Bertz CT molecular complexity index is 1190. The number of nitrogens with zero attached hydrogens (tertiary/aromatic N) is 5. The van der Waals surface area contributed by atoms with Gasteiger partial charge in [0.1, 0.15) is 5.82 Å². The standard InChI is InChI=1S/C19H14ClFN6OS2/c1-27-16(11-6-8-12(20)9-7-11)23-26-19(27)29-10-15(28)22-18-25-24-17(30-18)13-4-2-3-5-14(13)21/h2-9H,10H2,1H3,(H,22,25,28). The maximum Gasteiger partial charge on any atom is 0.236 e. The molecule has 2 aromatic heterocycles. The summed E-state index contributed by atoms with van der Waals surface area (Å²) in [6.07, 6.45) is 0. The summed E-state index contributed by atoms with van der Waals surface area (Å²) in [6, 6.07) is 13.6. The molecule has 152 valence electrons. The lowest BCUT2D eigenvalue weighted by Crippen LogP contribution is -2.14. The number of nitrogens with one attached hydrogen (secondary N) is 1. The predicted octanol–water partition coefficient (Wildman–Crippen LogP) is 4.52. The third kappa shape index (κ3) is 4.50. The van der Waals surface area contributed by atoms with E-state index in [1.165, 1.54) is 17.8 Å². The molecule has 0 fully saturated rings. The summed E-state index contributed by atoms with van der Waals surface area (Å²) >= 11 is 8.28. The molecule has 0 unspecified atom stereocenters. The lowest BCUT2D eigenvalue weighted by Gasteiger charge is -2.04. The first kappa shape index (κ1) is 20.5. The Labute approximate surface area is 184 Å². The molecular weight excluding hydrogens is 447 g/mol. The van der Waals surface area contributed by atoms with Crippen LogP contribution in [-0.2, 0) is 11.8 Å². The Hall–Kier alpha value is -2.82. The van der Waals surface area contributed by atoms with E-state index in [4.69, 9.17) is 11.6 Å². The van der Waals surface area contributed by atoms with Crippen LogP contribution in [0.2, 0.25) is 5.02 Å². The summed E-state index contributed by atoms with van der Waals surface area (Å²) in [5, 5.41) is 20.8. The van der Waals surface area contributed by atoms with Gasteiger partial charge in [-0.1, -0.05) is 46.8 Å². The second-order valence-electron chi connectivity index (χ2n) is 6.10. The molecule has 4 rings (SSSR count). The second-order valence-corrected chi connectivity index (χ2v) is 8.46. The molecule has 0 saturated carbocycles. The van der Waals surface area contributed by atoms with Crippen molar-refractivity contribution in [2.75, 3.05) is 11.1 Å². The molecule has 0 aliphatic heterocycles. The van der Waals surface area contributed by atoms with Gasteiger partial charge in [0.15, 0.2) is 16.0 Å². The van der Waals surface area contributed by atoms with Crippen LogP contribution in [0, 0.1) is 5.82 Å². The van der Waals surface area contributed by atoms with Crippen molar-refractivity contribution in [1.29, 1.82) is 0 Å². The molecule has 0 atom stereocenters. The van der Waals surface area contributed by atoms with Crippen molar-refractivity contribution >= 4 is 45.7 Å². The molecule has 30 heavy (non-hydrogen) atoms. The normalized spacial score (nSPS) is 10.9. The van der Waals surface area contributed by atoms with Crippen molar-refractivity contribution in [3.63, 3.8) is 0 Å². The zero-order valence-electron chi connectivity index (χ0n) is 15.5. The first-order valence-electron chi connectivity index (χ1n) is 8.67. The van der Waals surface area contributed by atoms with Crippen LogP contribution in [0.4, 0.5) is 9.52 Å². The summed E-state index contributed by atoms with van der Waals surface area (Å²) < 4.78 is 15.7. The SMILES string of the molecule is Cn1c(SCC(=O)Nc2nnc(-c3ccccc3F)s2)nnc1-c1ccc(Cl)cc1. The number of anilines is 1. The second kappa shape index (κ2) is 8.90. The van der Waals surface area contributed by atoms with Crippen molar-refractivity contribution in [1.82, 2.24) is 25.0 Å². The van der Waals surface area contributed by atoms with E-state index in [9.17, 15) is 9.18 Å². The highest BCUT2D eigenvalue weighted by Gasteiger charge is 2.15. The fourth-order valence-corrected chi connectivity index (χ4v) is 4.22. The van der Waals surface area contributed by atoms with Gasteiger partial charge in [0.25, 0.3) is 0 Å². The van der Waals surface area contributed by atoms with Crippen LogP contribution in [0.25, 0.3) is 22.0 Å². The molecule has 4 aromatic rings. The average molecular weight is 461 g/mol. The van der Waals surface area contributed by atoms with Crippen LogP contribution >= 0.6 is 34.7 Å². The van der Waals surface area contributed by atoms with Crippen LogP contribution in [0.5, 0.6) is 0 Å². The van der Waals surface area contributed by atoms with Crippen molar-refractivity contribution < 1.29 is 9.18 Å². The van der Waals surface area contributed by atoms with Crippen molar-refractivity contribution in [2.45, 2.75) is 5.16 Å². The lowest BCUT2D eigenvalue weighted by molar-refractivity contribution is -0.113. The fourth-order valence-electron chi connectivity index (χ4n) is 2.59. The monoisotopic (exact) mass is 460 g/mol. The Morgan fingerprint density at radius 2 is 1.90 bits per heavy atom. The summed E-state index contributed by atoms with van der Waals surface area (Å²) in [7, 11) is 1.83. The Morgan fingerprint density at radius 3 is 2.67 bits per heavy atom. The van der Waals surface area contributed by atoms with Crippen molar-refractivity contribution in [3.8, 4) is 22.0 Å². The van der Waals surface area contributed by atoms with E-state index in [1.54, 1.807) is 30.3 Å². The average Bonchev–Trinajstić information content (AvgIpc) is 3.34. The first-order valence-corrected chi connectivity index (χ1v) is 10.9. The molecule has 0 saturated heterocycles. The fraction of sp³-hybridized carbons (Fsp3) is 0.105. The van der Waals surface area contributed by atoms with Gasteiger partial charge in [0, 0.05) is 23.2 Å². The number of thioether (sulfide) groups is 1. The van der Waals surface area contributed by atoms with E-state index in [0.29, 0.717) is 31.7 Å². The van der Waals surface area contributed by atoms with E-state index in [1.807, 2.05) is 23.7 Å². The van der Waals surface area contributed by atoms with Gasteiger partial charge in [-0.2, -0.15) is 0 Å². The van der Waals surface area contributed by atoms with Crippen molar-refractivity contribution in [3.05, 3.63) is 59.4 Å². The molecule has 11 heteroatoms. The molecule has 0 bridgehead atoms. The largest absolute Gasteiger partial charge is 0.305 e. The van der Waals surface area contributed by atoms with Crippen LogP contribution in [-0.4, -0.2) is 36.6 Å². The lowest BCUT2D eigenvalue weighted by atomic mass is 10.2.